The molecule has 7 nitrogen and oxygen atoms in total. The molecule has 1 saturated carbocycles. The molecule has 0 aromatic carbocycles. The van der Waals surface area contributed by atoms with E-state index in [2.05, 4.69) is 18.2 Å². The summed E-state index contributed by atoms with van der Waals surface area (Å²) in [6.07, 6.45) is 5.77. The second-order valence-electron chi connectivity index (χ2n) is 7.74. The molecule has 138 valence electrons. The minimum atomic E-state index is -1.85. The molecule has 3 aliphatic rings. The molecule has 0 radical (unpaired) electrons. The van der Waals surface area contributed by atoms with Crippen LogP contribution in [0.15, 0.2) is 18.3 Å². The molecule has 0 amide bonds. The van der Waals surface area contributed by atoms with Crippen molar-refractivity contribution in [3.05, 3.63) is 24.0 Å². The maximum absolute atomic E-state index is 10.3. The van der Waals surface area contributed by atoms with Gasteiger partial charge in [-0.2, -0.15) is 15.8 Å². The van der Waals surface area contributed by atoms with Gasteiger partial charge in [-0.05, 0) is 25.0 Å². The van der Waals surface area contributed by atoms with E-state index < -0.39 is 28.6 Å². The molecule has 4 rings (SSSR count). The Kier molecular flexibility index (Phi) is 3.81. The van der Waals surface area contributed by atoms with Gasteiger partial charge in [0, 0.05) is 25.4 Å². The van der Waals surface area contributed by atoms with Crippen molar-refractivity contribution in [2.45, 2.75) is 50.4 Å². The first kappa shape index (κ1) is 17.6. The lowest BCUT2D eigenvalue weighted by molar-refractivity contribution is -0.290. The predicted molar refractivity (Wildman–Crippen MR) is 93.7 cm³/mol. The first-order valence-corrected chi connectivity index (χ1v) is 9.32. The average molecular weight is 363 g/mol. The van der Waals surface area contributed by atoms with Crippen LogP contribution in [0, 0.1) is 56.2 Å². The molecule has 27 heavy (non-hydrogen) atoms. The van der Waals surface area contributed by atoms with Crippen molar-refractivity contribution in [2.75, 3.05) is 0 Å². The van der Waals surface area contributed by atoms with E-state index in [0.29, 0.717) is 18.5 Å². The highest BCUT2D eigenvalue weighted by Gasteiger charge is 2.80. The van der Waals surface area contributed by atoms with Gasteiger partial charge in [0.2, 0.25) is 17.1 Å². The van der Waals surface area contributed by atoms with E-state index in [9.17, 15) is 15.8 Å². The van der Waals surface area contributed by atoms with Crippen LogP contribution in [-0.4, -0.2) is 16.3 Å². The summed E-state index contributed by atoms with van der Waals surface area (Å²) in [6, 6.07) is 10.0. The summed E-state index contributed by atoms with van der Waals surface area (Å²) in [4.78, 5) is 0. The molecule has 2 aliphatic heterocycles. The molecule has 1 N–H and O–H groups in total. The van der Waals surface area contributed by atoms with Gasteiger partial charge in [0.1, 0.15) is 6.10 Å². The van der Waals surface area contributed by atoms with Crippen molar-refractivity contribution >= 4 is 5.90 Å². The number of hydrogen-bond acceptors (Lipinski definition) is 6. The van der Waals surface area contributed by atoms with Crippen molar-refractivity contribution < 1.29 is 9.47 Å². The minimum Gasteiger partial charge on any atom is -0.447 e. The molecule has 1 aliphatic carbocycles. The molecular weight excluding hydrogens is 342 g/mol. The van der Waals surface area contributed by atoms with Crippen LogP contribution in [0.4, 0.5) is 0 Å². The number of hydrogen-bond donors (Lipinski definition) is 1. The van der Waals surface area contributed by atoms with E-state index >= 15 is 0 Å². The van der Waals surface area contributed by atoms with Gasteiger partial charge in [0.05, 0.1) is 24.1 Å². The summed E-state index contributed by atoms with van der Waals surface area (Å²) >= 11 is 0. The molecule has 0 spiro atoms. The van der Waals surface area contributed by atoms with Crippen LogP contribution >= 0.6 is 0 Å². The van der Waals surface area contributed by atoms with E-state index in [1.807, 2.05) is 19.3 Å². The Morgan fingerprint density at radius 2 is 1.89 bits per heavy atom. The van der Waals surface area contributed by atoms with Crippen molar-refractivity contribution in [2.24, 2.45) is 23.8 Å². The molecule has 3 heterocycles. The van der Waals surface area contributed by atoms with Gasteiger partial charge in [-0.3, -0.25) is 5.41 Å². The van der Waals surface area contributed by atoms with Crippen LogP contribution in [0.1, 0.15) is 50.3 Å². The van der Waals surface area contributed by atoms with Crippen molar-refractivity contribution in [3.63, 3.8) is 0 Å². The fourth-order valence-electron chi connectivity index (χ4n) is 5.23. The van der Waals surface area contributed by atoms with Crippen molar-refractivity contribution in [1.29, 1.82) is 21.2 Å². The number of nitrogens with zero attached hydrogens (tertiary/aromatic N) is 4. The Morgan fingerprint density at radius 1 is 1.15 bits per heavy atom. The number of nitriles is 3. The lowest BCUT2D eigenvalue weighted by Gasteiger charge is -2.50. The first-order chi connectivity index (χ1) is 13.0. The molecule has 7 heteroatoms. The first-order valence-electron chi connectivity index (χ1n) is 9.32. The van der Waals surface area contributed by atoms with E-state index in [1.54, 1.807) is 10.6 Å². The van der Waals surface area contributed by atoms with E-state index in [1.165, 1.54) is 0 Å². The fourth-order valence-corrected chi connectivity index (χ4v) is 5.23. The van der Waals surface area contributed by atoms with Crippen LogP contribution in [0.25, 0.3) is 0 Å². The van der Waals surface area contributed by atoms with Gasteiger partial charge in [-0.15, -0.1) is 0 Å². The summed E-state index contributed by atoms with van der Waals surface area (Å²) < 4.78 is 14.2. The second kappa shape index (κ2) is 5.84. The molecule has 2 bridgehead atoms. The van der Waals surface area contributed by atoms with Crippen LogP contribution in [0.2, 0.25) is 0 Å². The Morgan fingerprint density at radius 3 is 2.52 bits per heavy atom. The number of rotatable bonds is 1. The highest BCUT2D eigenvalue weighted by atomic mass is 16.7. The second-order valence-corrected chi connectivity index (χ2v) is 7.74. The number of ether oxygens (including phenoxy) is 2. The fraction of sp³-hybridized carbons (Fsp3) is 0.600. The number of aromatic nitrogens is 1. The molecular formula is C20H21N5O2. The minimum absolute atomic E-state index is 0.295. The maximum atomic E-state index is 10.3. The third-order valence-corrected chi connectivity index (χ3v) is 6.57. The largest absolute Gasteiger partial charge is 0.447 e. The van der Waals surface area contributed by atoms with E-state index in [0.717, 1.165) is 25.7 Å². The van der Waals surface area contributed by atoms with Gasteiger partial charge in [-0.25, -0.2) is 0 Å². The summed E-state index contributed by atoms with van der Waals surface area (Å²) in [5.74, 6) is -1.92. The van der Waals surface area contributed by atoms with Gasteiger partial charge in [0.15, 0.2) is 5.41 Å². The van der Waals surface area contributed by atoms with Crippen LogP contribution < -0.4 is 0 Å². The standard InChI is InChI=1S/C20H21N5O2/c1-25-10-6-7-14(25)16-18(11-21,12-22)19(13-23)15-8-4-2-3-5-9-20(15,26-16)27-17(19)24/h6-7,10,15-16,24H,2-5,8-9H2,1H3. The maximum Gasteiger partial charge on any atom is 0.217 e. The van der Waals surface area contributed by atoms with Crippen molar-refractivity contribution in [3.8, 4) is 18.2 Å². The summed E-state index contributed by atoms with van der Waals surface area (Å²) in [7, 11) is 1.81. The molecule has 2 saturated heterocycles. The van der Waals surface area contributed by atoms with Crippen LogP contribution in [0.5, 0.6) is 0 Å². The van der Waals surface area contributed by atoms with Gasteiger partial charge in [-0.1, -0.05) is 19.3 Å². The number of nitrogens with one attached hydrogen (secondary N) is 1. The van der Waals surface area contributed by atoms with E-state index in [-0.39, 0.29) is 5.90 Å². The lowest BCUT2D eigenvalue weighted by atomic mass is 9.52. The Labute approximate surface area is 158 Å². The smallest absolute Gasteiger partial charge is 0.217 e. The third-order valence-electron chi connectivity index (χ3n) is 6.57. The Balaban J connectivity index is 2.00. The van der Waals surface area contributed by atoms with E-state index in [4.69, 9.17) is 14.9 Å². The SMILES string of the molecule is Cn1cccc1C1OC23CCCCCCC2C(C#N)(C(=N)O3)C1(C#N)C#N. The predicted octanol–water partition coefficient (Wildman–Crippen LogP) is 3.31. The highest BCUT2D eigenvalue weighted by Crippen LogP contribution is 2.68. The Bertz CT molecular complexity index is 902. The summed E-state index contributed by atoms with van der Waals surface area (Å²) in [6.45, 7) is 0. The molecule has 4 atom stereocenters. The molecule has 1 aromatic heterocycles. The van der Waals surface area contributed by atoms with Crippen molar-refractivity contribution in [1.82, 2.24) is 4.57 Å². The summed E-state index contributed by atoms with van der Waals surface area (Å²) in [5, 5.41) is 39.2. The zero-order valence-corrected chi connectivity index (χ0v) is 15.2. The average Bonchev–Trinajstić information content (AvgIpc) is 3.14. The highest BCUT2D eigenvalue weighted by molar-refractivity contribution is 5.89. The zero-order valence-electron chi connectivity index (χ0n) is 15.2. The Hall–Kier alpha value is -2.82. The topological polar surface area (TPSA) is 119 Å². The third kappa shape index (κ3) is 1.94. The summed E-state index contributed by atoms with van der Waals surface area (Å²) in [5.41, 5.74) is -2.86. The molecule has 3 fully saturated rings. The molecule has 4 unspecified atom stereocenters. The van der Waals surface area contributed by atoms with Gasteiger partial charge >= 0.3 is 0 Å². The van der Waals surface area contributed by atoms with Gasteiger partial charge in [0.25, 0.3) is 0 Å². The normalized spacial score (nSPS) is 36.9. The zero-order chi connectivity index (χ0) is 19.3. The van der Waals surface area contributed by atoms with Crippen LogP contribution in [-0.2, 0) is 16.5 Å². The lowest BCUT2D eigenvalue weighted by Crippen LogP contribution is -2.59. The quantitative estimate of drug-likeness (QED) is 0.821. The number of aryl methyl sites for hydroxylation is 1. The van der Waals surface area contributed by atoms with Gasteiger partial charge < -0.3 is 14.0 Å². The van der Waals surface area contributed by atoms with Crippen LogP contribution in [0.3, 0.4) is 0 Å². The molecule has 1 aromatic rings. The monoisotopic (exact) mass is 363 g/mol.